The van der Waals surface area contributed by atoms with Gasteiger partial charge in [-0.2, -0.15) is 0 Å². The molecular formula is C58H57BN2O3. The molecule has 3 aliphatic heterocycles. The van der Waals surface area contributed by atoms with Crippen molar-refractivity contribution in [1.82, 2.24) is 0 Å². The molecule has 13 rings (SSSR count). The molecule has 6 aliphatic rings. The maximum Gasteiger partial charge on any atom is 0.261 e. The molecule has 1 saturated carbocycles. The molecule has 320 valence electrons. The monoisotopic (exact) mass is 840 g/mol. The third-order valence-electron chi connectivity index (χ3n) is 15.9. The molecule has 2 aromatic heterocycles. The number of anilines is 5. The first-order valence-electron chi connectivity index (χ1n) is 24.0. The number of furan rings is 2. The summed E-state index contributed by atoms with van der Waals surface area (Å²) in [4.78, 5) is 5.43. The van der Waals surface area contributed by atoms with Crippen LogP contribution in [0.3, 0.4) is 0 Å². The summed E-state index contributed by atoms with van der Waals surface area (Å²) in [5, 5.41) is 3.39. The van der Waals surface area contributed by atoms with E-state index < -0.39 is 5.54 Å². The second-order valence-electron chi connectivity index (χ2n) is 22.1. The van der Waals surface area contributed by atoms with Crippen LogP contribution >= 0.6 is 0 Å². The number of benzene rings is 5. The quantitative estimate of drug-likeness (QED) is 0.166. The fourth-order valence-corrected chi connectivity index (χ4v) is 13.2. The molecule has 5 aromatic carbocycles. The Bertz CT molecular complexity index is 3270. The van der Waals surface area contributed by atoms with E-state index in [4.69, 9.17) is 13.6 Å². The Balaban J connectivity index is 1.24. The smallest absolute Gasteiger partial charge is 0.261 e. The van der Waals surface area contributed by atoms with Crippen LogP contribution in [0.15, 0.2) is 112 Å². The predicted molar refractivity (Wildman–Crippen MR) is 268 cm³/mol. The minimum atomic E-state index is -0.416. The van der Waals surface area contributed by atoms with Crippen molar-refractivity contribution in [3.8, 4) is 11.5 Å². The van der Waals surface area contributed by atoms with Crippen LogP contribution in [-0.2, 0) is 5.41 Å². The van der Waals surface area contributed by atoms with Gasteiger partial charge in [0.1, 0.15) is 34.0 Å². The van der Waals surface area contributed by atoms with E-state index in [0.717, 1.165) is 68.9 Å². The summed E-state index contributed by atoms with van der Waals surface area (Å²) in [6, 6.07) is 27.6. The zero-order chi connectivity index (χ0) is 43.6. The van der Waals surface area contributed by atoms with E-state index in [1.165, 1.54) is 93.3 Å². The lowest BCUT2D eigenvalue weighted by Gasteiger charge is -2.55. The van der Waals surface area contributed by atoms with Crippen molar-refractivity contribution in [2.75, 3.05) is 9.80 Å². The van der Waals surface area contributed by atoms with Crippen LogP contribution < -0.4 is 30.9 Å². The highest BCUT2D eigenvalue weighted by atomic mass is 16.5. The molecule has 5 heterocycles. The van der Waals surface area contributed by atoms with E-state index >= 15 is 0 Å². The summed E-state index contributed by atoms with van der Waals surface area (Å²) in [6.45, 7) is 18.9. The fourth-order valence-electron chi connectivity index (χ4n) is 13.2. The zero-order valence-corrected chi connectivity index (χ0v) is 38.6. The first kappa shape index (κ1) is 38.6. The summed E-state index contributed by atoms with van der Waals surface area (Å²) in [5.41, 5.74) is 17.3. The molecule has 0 bridgehead atoms. The summed E-state index contributed by atoms with van der Waals surface area (Å²) in [6.07, 6.45) is 19.8. The average Bonchev–Trinajstić information content (AvgIpc) is 3.85. The number of rotatable bonds is 3. The minimum Gasteiger partial charge on any atom is -0.460 e. The van der Waals surface area contributed by atoms with E-state index in [1.54, 1.807) is 0 Å². The zero-order valence-electron chi connectivity index (χ0n) is 38.6. The van der Waals surface area contributed by atoms with Crippen LogP contribution in [0.1, 0.15) is 135 Å². The Morgan fingerprint density at radius 1 is 0.719 bits per heavy atom. The van der Waals surface area contributed by atoms with Crippen LogP contribution in [0.5, 0.6) is 11.5 Å². The molecule has 0 N–H and O–H groups in total. The Kier molecular flexibility index (Phi) is 7.91. The van der Waals surface area contributed by atoms with Gasteiger partial charge >= 0.3 is 0 Å². The van der Waals surface area contributed by atoms with Gasteiger partial charge in [-0.05, 0) is 107 Å². The molecule has 3 aliphatic carbocycles. The van der Waals surface area contributed by atoms with Gasteiger partial charge in [0.25, 0.3) is 6.71 Å². The molecule has 2 unspecified atom stereocenters. The van der Waals surface area contributed by atoms with Crippen LogP contribution in [0.4, 0.5) is 28.4 Å². The number of hydrogen-bond donors (Lipinski definition) is 0. The minimum absolute atomic E-state index is 0.0914. The van der Waals surface area contributed by atoms with Crippen LogP contribution in [0.25, 0.3) is 39.0 Å². The number of hydrogen-bond acceptors (Lipinski definition) is 5. The van der Waals surface area contributed by atoms with E-state index in [-0.39, 0.29) is 23.5 Å². The number of fused-ring (bicyclic) bond motifs is 8. The highest BCUT2D eigenvalue weighted by Gasteiger charge is 2.55. The molecule has 2 atom stereocenters. The molecule has 64 heavy (non-hydrogen) atoms. The standard InChI is InChI=1S/C58H57BN2O3/c1-33-19-18-23-37-49-44(63-54(33)37)31-41-51-55(49)64-46-32-45-48(36-22-12-15-26-43(36)62-45)53-52(46)59(51)50-40(60(41)39-25-14-13-24-38(39)56(2,3)4)29-35(34-20-10-9-11-21-34)30-42(50)61(53)58(8)28-17-16-27-47(58)57(5,6)7/h12-18,22-27,29-34H,9-11,19-21,28H2,1-8H3. The molecule has 6 heteroatoms. The summed E-state index contributed by atoms with van der Waals surface area (Å²) < 4.78 is 21.6. The van der Waals surface area contributed by atoms with Crippen LogP contribution in [-0.4, -0.2) is 12.3 Å². The normalized spacial score (nSPS) is 21.2. The Morgan fingerprint density at radius 2 is 1.47 bits per heavy atom. The van der Waals surface area contributed by atoms with Crippen LogP contribution in [0, 0.1) is 5.41 Å². The van der Waals surface area contributed by atoms with Gasteiger partial charge in [-0.25, -0.2) is 0 Å². The molecule has 0 saturated heterocycles. The largest absolute Gasteiger partial charge is 0.460 e. The van der Waals surface area contributed by atoms with Crippen molar-refractivity contribution in [3.05, 3.63) is 125 Å². The average molecular weight is 841 g/mol. The molecule has 5 nitrogen and oxygen atoms in total. The van der Waals surface area contributed by atoms with Gasteiger partial charge in [0, 0.05) is 51.7 Å². The van der Waals surface area contributed by atoms with Gasteiger partial charge in [-0.1, -0.05) is 135 Å². The van der Waals surface area contributed by atoms with E-state index in [1.807, 2.05) is 0 Å². The lowest BCUT2D eigenvalue weighted by Crippen LogP contribution is -2.66. The number of allylic oxidation sites excluding steroid dienone is 3. The molecule has 0 radical (unpaired) electrons. The van der Waals surface area contributed by atoms with Gasteiger partial charge < -0.3 is 23.4 Å². The summed E-state index contributed by atoms with van der Waals surface area (Å²) in [7, 11) is 0. The van der Waals surface area contributed by atoms with Gasteiger partial charge in [0.2, 0.25) is 0 Å². The maximum atomic E-state index is 7.65. The topological polar surface area (TPSA) is 42.0 Å². The van der Waals surface area contributed by atoms with Crippen molar-refractivity contribution in [1.29, 1.82) is 0 Å². The highest BCUT2D eigenvalue weighted by molar-refractivity contribution is 7.02. The second-order valence-corrected chi connectivity index (χ2v) is 22.1. The van der Waals surface area contributed by atoms with Crippen molar-refractivity contribution in [2.24, 2.45) is 5.41 Å². The highest BCUT2D eigenvalue weighted by Crippen LogP contribution is 2.58. The molecule has 1 fully saturated rings. The Morgan fingerprint density at radius 3 is 2.28 bits per heavy atom. The van der Waals surface area contributed by atoms with Crippen molar-refractivity contribution in [3.63, 3.8) is 0 Å². The Hall–Kier alpha value is -5.88. The summed E-state index contributed by atoms with van der Waals surface area (Å²) >= 11 is 0. The van der Waals surface area contributed by atoms with Crippen molar-refractivity contribution < 1.29 is 13.6 Å². The number of nitrogens with zero attached hydrogens (tertiary/aromatic N) is 2. The third kappa shape index (κ3) is 5.14. The second kappa shape index (κ2) is 13.1. The van der Waals surface area contributed by atoms with Gasteiger partial charge in [0.15, 0.2) is 0 Å². The van der Waals surface area contributed by atoms with E-state index in [0.29, 0.717) is 5.92 Å². The maximum absolute atomic E-state index is 7.65. The number of ether oxygens (including phenoxy) is 1. The molecule has 7 aromatic rings. The third-order valence-corrected chi connectivity index (χ3v) is 15.9. The fraction of sp³-hybridized carbons (Fsp3) is 0.345. The van der Waals surface area contributed by atoms with Gasteiger partial charge in [-0.15, -0.1) is 0 Å². The summed E-state index contributed by atoms with van der Waals surface area (Å²) in [5.74, 6) is 3.59. The molecule has 0 spiro atoms. The molecular weight excluding hydrogens is 783 g/mol. The van der Waals surface area contributed by atoms with Crippen molar-refractivity contribution in [2.45, 2.75) is 123 Å². The van der Waals surface area contributed by atoms with Crippen LogP contribution in [0.2, 0.25) is 0 Å². The SMILES string of the molecule is CC1CC=Cc2c1oc1cc3c4c(c21)Oc1cc2oc5ccccc5c2c2c1B4c1c(cc(C4CCCCC4)cc1N2C1(C)CC=CC=C1C(C)(C)C)N3c1ccccc1C(C)(C)C. The van der Waals surface area contributed by atoms with Gasteiger partial charge in [0.05, 0.1) is 22.0 Å². The first-order chi connectivity index (χ1) is 30.8. The van der Waals surface area contributed by atoms with Gasteiger partial charge in [-0.3, -0.25) is 0 Å². The number of para-hydroxylation sites is 2. The van der Waals surface area contributed by atoms with Crippen molar-refractivity contribution >= 4 is 90.5 Å². The Labute approximate surface area is 377 Å². The van der Waals surface area contributed by atoms with E-state index in [2.05, 4.69) is 168 Å². The molecule has 0 amide bonds. The first-order valence-corrected chi connectivity index (χ1v) is 24.0. The van der Waals surface area contributed by atoms with E-state index in [9.17, 15) is 0 Å². The lowest BCUT2D eigenvalue weighted by atomic mass is 9.32. The lowest BCUT2D eigenvalue weighted by molar-refractivity contribution is 0.389. The predicted octanol–water partition coefficient (Wildman–Crippen LogP) is 14.7.